The van der Waals surface area contributed by atoms with Gasteiger partial charge in [-0.3, -0.25) is 14.4 Å². The second-order valence-corrected chi connectivity index (χ2v) is 12.0. The zero-order chi connectivity index (χ0) is 38.2. The van der Waals surface area contributed by atoms with Gasteiger partial charge in [0.2, 0.25) is 0 Å². The number of likely N-dealkylation sites (N-methyl/N-ethyl adjacent to an activating group) is 1. The summed E-state index contributed by atoms with van der Waals surface area (Å²) < 4.78 is 27.3. The highest BCUT2D eigenvalue weighted by atomic mass is 16.8. The second kappa shape index (κ2) is 19.5. The maximum Gasteiger partial charge on any atom is 0.333 e. The highest BCUT2D eigenvalue weighted by Gasteiger charge is 2.51. The Morgan fingerprint density at radius 1 is 0.843 bits per heavy atom. The lowest BCUT2D eigenvalue weighted by atomic mass is 9.97. The van der Waals surface area contributed by atoms with E-state index in [0.717, 1.165) is 7.05 Å². The van der Waals surface area contributed by atoms with Crippen LogP contribution in [0.15, 0.2) is 0 Å². The van der Waals surface area contributed by atoms with Gasteiger partial charge in [0, 0.05) is 19.9 Å². The first-order valence-corrected chi connectivity index (χ1v) is 15.9. The molecule has 0 aromatic carbocycles. The molecule has 0 bridgehead atoms. The van der Waals surface area contributed by atoms with Crippen molar-refractivity contribution in [1.29, 1.82) is 0 Å². The van der Waals surface area contributed by atoms with E-state index < -0.39 is 149 Å². The predicted molar refractivity (Wildman–Crippen MR) is 156 cm³/mol. The van der Waals surface area contributed by atoms with Gasteiger partial charge in [-0.1, -0.05) is 0 Å². The Bertz CT molecular complexity index is 1150. The third-order valence-corrected chi connectivity index (χ3v) is 8.07. The number of ether oxygens (including phenoxy) is 5. The summed E-state index contributed by atoms with van der Waals surface area (Å²) in [4.78, 5) is 57.4. The van der Waals surface area contributed by atoms with Crippen molar-refractivity contribution in [2.45, 2.75) is 119 Å². The summed E-state index contributed by atoms with van der Waals surface area (Å²) in [6.45, 7) is -1.97. The second-order valence-electron chi connectivity index (χ2n) is 12.0. The van der Waals surface area contributed by atoms with E-state index in [4.69, 9.17) is 28.5 Å². The number of hydrogen-bond donors (Lipinski definition) is 10. The van der Waals surface area contributed by atoms with Crippen LogP contribution in [-0.2, 0) is 52.5 Å². The summed E-state index contributed by atoms with van der Waals surface area (Å²) in [7, 11) is 1.10. The van der Waals surface area contributed by atoms with E-state index in [1.54, 1.807) is 0 Å². The Hall–Kier alpha value is -2.56. The van der Waals surface area contributed by atoms with Gasteiger partial charge in [-0.2, -0.15) is 0 Å². The van der Waals surface area contributed by atoms with E-state index in [-0.39, 0.29) is 12.8 Å². The smallest absolute Gasteiger partial charge is 0.333 e. The van der Waals surface area contributed by atoms with Gasteiger partial charge < -0.3 is 84.4 Å². The quantitative estimate of drug-likeness (QED) is 0.0354. The molecule has 3 aliphatic rings. The molecule has 3 heterocycles. The lowest BCUT2D eigenvalue weighted by Crippen LogP contribution is -2.65. The molecule has 51 heavy (non-hydrogen) atoms. The monoisotopic (exact) mass is 746 g/mol. The lowest BCUT2D eigenvalue weighted by molar-refractivity contribution is -0.362. The number of hydrogen-bond acceptors (Lipinski definition) is 22. The molecule has 0 aliphatic carbocycles. The minimum absolute atomic E-state index is 0.132. The maximum atomic E-state index is 12.4. The summed E-state index contributed by atoms with van der Waals surface area (Å²) in [5.41, 5.74) is 0. The Labute approximate surface area is 289 Å². The van der Waals surface area contributed by atoms with Gasteiger partial charge in [0.15, 0.2) is 18.8 Å². The van der Waals surface area contributed by atoms with Crippen molar-refractivity contribution >= 4 is 23.8 Å². The molecule has 0 aromatic heterocycles. The zero-order valence-corrected chi connectivity index (χ0v) is 27.6. The van der Waals surface area contributed by atoms with E-state index in [0.29, 0.717) is 10.1 Å². The molecule has 3 aliphatic heterocycles. The molecule has 0 saturated carbocycles. The highest BCUT2D eigenvalue weighted by molar-refractivity contribution is 6.01. The van der Waals surface area contributed by atoms with Gasteiger partial charge in [0.05, 0.1) is 45.4 Å². The molecule has 2 amide bonds. The molecule has 23 heteroatoms. The van der Waals surface area contributed by atoms with Crippen molar-refractivity contribution in [3.63, 3.8) is 0 Å². The largest absolute Gasteiger partial charge is 0.394 e. The third kappa shape index (κ3) is 11.0. The van der Waals surface area contributed by atoms with Crippen molar-refractivity contribution in [3.05, 3.63) is 0 Å². The van der Waals surface area contributed by atoms with E-state index in [1.807, 2.05) is 0 Å². The van der Waals surface area contributed by atoms with Crippen LogP contribution in [0.25, 0.3) is 0 Å². The number of amides is 2. The molecule has 10 N–H and O–H groups in total. The van der Waals surface area contributed by atoms with Crippen LogP contribution < -0.4 is 0 Å². The van der Waals surface area contributed by atoms with Gasteiger partial charge in [-0.05, 0) is 6.92 Å². The Balaban J connectivity index is 1.61. The van der Waals surface area contributed by atoms with Gasteiger partial charge in [0.1, 0.15) is 61.0 Å². The van der Waals surface area contributed by atoms with Gasteiger partial charge >= 0.3 is 11.9 Å². The Morgan fingerprint density at radius 3 is 1.98 bits per heavy atom. The molecule has 0 spiro atoms. The van der Waals surface area contributed by atoms with Crippen LogP contribution in [0, 0.1) is 0 Å². The predicted octanol–water partition coefficient (Wildman–Crippen LogP) is -7.15. The molecule has 3 fully saturated rings. The number of nitrogens with zero attached hydrogens (tertiary/aromatic N) is 2. The fraction of sp³-hybridized carbons (Fsp3) is 0.857. The molecule has 14 unspecified atom stereocenters. The molecular formula is C28H46N2O21. The minimum atomic E-state index is -1.91. The van der Waals surface area contributed by atoms with E-state index in [2.05, 4.69) is 4.84 Å². The van der Waals surface area contributed by atoms with Crippen LogP contribution in [0.5, 0.6) is 0 Å². The normalized spacial score (nSPS) is 33.9. The maximum absolute atomic E-state index is 12.4. The molecule has 294 valence electrons. The number of aliphatic hydroxyl groups excluding tert-OH is 10. The van der Waals surface area contributed by atoms with Crippen molar-refractivity contribution in [1.82, 2.24) is 10.1 Å². The van der Waals surface area contributed by atoms with E-state index >= 15 is 0 Å². The first kappa shape index (κ1) is 42.8. The van der Waals surface area contributed by atoms with Crippen molar-refractivity contribution in [2.24, 2.45) is 0 Å². The van der Waals surface area contributed by atoms with Gasteiger partial charge in [-0.15, -0.1) is 10.1 Å². The number of hydroxylamine groups is 4. The van der Waals surface area contributed by atoms with Crippen molar-refractivity contribution < 1.29 is 104 Å². The van der Waals surface area contributed by atoms with Gasteiger partial charge in [0.25, 0.3) is 11.8 Å². The van der Waals surface area contributed by atoms with Crippen LogP contribution in [-0.4, -0.2) is 204 Å². The third-order valence-electron chi connectivity index (χ3n) is 8.07. The average molecular weight is 747 g/mol. The first-order chi connectivity index (χ1) is 24.0. The number of rotatable bonds is 18. The lowest BCUT2D eigenvalue weighted by Gasteiger charge is -2.46. The molecule has 3 rings (SSSR count). The number of carbonyl (C=O) groups is 4. The zero-order valence-electron chi connectivity index (χ0n) is 27.6. The number of aliphatic hydroxyl groups is 10. The molecule has 14 atom stereocenters. The van der Waals surface area contributed by atoms with Crippen molar-refractivity contribution in [2.75, 3.05) is 33.5 Å². The van der Waals surface area contributed by atoms with Crippen LogP contribution in [0.1, 0.15) is 32.6 Å². The standard InChI is InChI=1S/C28H46N2O21/c1-11(34)19(39)26(29(2)50-17(37)5-6-18(38)51-30-15(35)3-4-16(30)36)46-12(7-31)10-45-27-24(44)25(21(41)14(9-33)47-27)49-28-23(43)22(42)20(40)13(8-32)48-28/h11-14,19-28,31-34,39-44H,3-10H2,1-2H3. The number of carbonyl (C=O) groups excluding carboxylic acids is 4. The van der Waals surface area contributed by atoms with Crippen LogP contribution >= 0.6 is 0 Å². The minimum Gasteiger partial charge on any atom is -0.394 e. The van der Waals surface area contributed by atoms with Gasteiger partial charge in [-0.25, -0.2) is 4.79 Å². The molecule has 3 saturated heterocycles. The first-order valence-electron chi connectivity index (χ1n) is 15.9. The molecular weight excluding hydrogens is 700 g/mol. The van der Waals surface area contributed by atoms with Crippen molar-refractivity contribution in [3.8, 4) is 0 Å². The topological polar surface area (TPSA) is 342 Å². The fourth-order valence-corrected chi connectivity index (χ4v) is 5.11. The summed E-state index contributed by atoms with van der Waals surface area (Å²) >= 11 is 0. The van der Waals surface area contributed by atoms with Crippen LogP contribution in [0.2, 0.25) is 0 Å². The summed E-state index contributed by atoms with van der Waals surface area (Å²) in [5.74, 6) is -3.60. The fourth-order valence-electron chi connectivity index (χ4n) is 5.11. The summed E-state index contributed by atoms with van der Waals surface area (Å²) in [6, 6.07) is 0. The summed E-state index contributed by atoms with van der Waals surface area (Å²) in [6.07, 6.45) is -25.2. The Morgan fingerprint density at radius 2 is 1.41 bits per heavy atom. The summed E-state index contributed by atoms with van der Waals surface area (Å²) in [5, 5.41) is 103. The van der Waals surface area contributed by atoms with Crippen LogP contribution in [0.3, 0.4) is 0 Å². The average Bonchev–Trinajstić information content (AvgIpc) is 3.41. The Kier molecular flexibility index (Phi) is 16.4. The van der Waals surface area contributed by atoms with E-state index in [9.17, 15) is 70.2 Å². The highest BCUT2D eigenvalue weighted by Crippen LogP contribution is 2.30. The SMILES string of the molecule is CC(O)C(O)C(OC(CO)COC1OC(CO)C(O)C(OC2OC(CO)C(O)C(O)C2O)C1O)N(C)OC(=O)CCC(=O)ON1C(=O)CCC1=O. The molecule has 23 nitrogen and oxygen atoms in total. The molecule has 0 radical (unpaired) electrons. The number of imide groups is 1. The molecule has 0 aromatic rings. The van der Waals surface area contributed by atoms with Crippen LogP contribution in [0.4, 0.5) is 0 Å². The van der Waals surface area contributed by atoms with E-state index in [1.165, 1.54) is 6.92 Å².